The lowest BCUT2D eigenvalue weighted by Crippen LogP contribution is -2.53. The Morgan fingerprint density at radius 2 is 1.52 bits per heavy atom. The molecule has 0 aliphatic rings. The van der Waals surface area contributed by atoms with Crippen LogP contribution in [-0.4, -0.2) is 46.1 Å². The number of alkyl carbamates (subject to hydrolysis) is 1. The standard InChI is InChI=1S/C34H51N3O5/c1-10-11-12-13-20-37(32(40)27(21-22(2)3)35-33(41)42-34(7,8)9)29(26-19-15-18-25(6)30(26)38)31(39)36-28-23(4)16-14-17-24(28)5/h14-19,22,27,29,38H,10-13,20-21H2,1-9H3,(H,35,41)(H,36,39). The summed E-state index contributed by atoms with van der Waals surface area (Å²) in [5.41, 5.74) is 2.64. The van der Waals surface area contributed by atoms with Crippen molar-refractivity contribution >= 4 is 23.6 Å². The van der Waals surface area contributed by atoms with Crippen LogP contribution in [0.5, 0.6) is 5.75 Å². The molecule has 0 aromatic heterocycles. The number of rotatable bonds is 13. The third kappa shape index (κ3) is 10.1. The number of amides is 3. The van der Waals surface area contributed by atoms with Gasteiger partial charge in [0.2, 0.25) is 5.91 Å². The van der Waals surface area contributed by atoms with E-state index in [0.717, 1.165) is 30.4 Å². The topological polar surface area (TPSA) is 108 Å². The van der Waals surface area contributed by atoms with Gasteiger partial charge in [-0.25, -0.2) is 4.79 Å². The highest BCUT2D eigenvalue weighted by molar-refractivity contribution is 6.00. The van der Waals surface area contributed by atoms with Gasteiger partial charge in [-0.1, -0.05) is 76.4 Å². The second-order valence-electron chi connectivity index (χ2n) is 12.6. The van der Waals surface area contributed by atoms with E-state index in [1.54, 1.807) is 45.9 Å². The van der Waals surface area contributed by atoms with Crippen LogP contribution in [0.4, 0.5) is 10.5 Å². The molecule has 0 aliphatic heterocycles. The van der Waals surface area contributed by atoms with Crippen LogP contribution >= 0.6 is 0 Å². The van der Waals surface area contributed by atoms with Crippen molar-refractivity contribution in [3.63, 3.8) is 0 Å². The highest BCUT2D eigenvalue weighted by Crippen LogP contribution is 2.34. The van der Waals surface area contributed by atoms with E-state index in [2.05, 4.69) is 17.6 Å². The average Bonchev–Trinajstić information content (AvgIpc) is 2.88. The number of ether oxygens (including phenoxy) is 1. The third-order valence-corrected chi connectivity index (χ3v) is 7.08. The Hall–Kier alpha value is -3.55. The Kier molecular flexibility index (Phi) is 12.9. The lowest BCUT2D eigenvalue weighted by atomic mass is 9.96. The third-order valence-electron chi connectivity index (χ3n) is 7.08. The number of nitrogens with zero attached hydrogens (tertiary/aromatic N) is 1. The van der Waals surface area contributed by atoms with E-state index in [4.69, 9.17) is 4.74 Å². The number of carbonyl (C=O) groups excluding carboxylic acids is 3. The Balaban J connectivity index is 2.64. The van der Waals surface area contributed by atoms with Crippen molar-refractivity contribution in [3.8, 4) is 5.75 Å². The van der Waals surface area contributed by atoms with Crippen molar-refractivity contribution in [1.82, 2.24) is 10.2 Å². The van der Waals surface area contributed by atoms with Crippen LogP contribution in [0.2, 0.25) is 0 Å². The Morgan fingerprint density at radius 3 is 2.10 bits per heavy atom. The Morgan fingerprint density at radius 1 is 0.929 bits per heavy atom. The van der Waals surface area contributed by atoms with Crippen LogP contribution in [0.25, 0.3) is 0 Å². The molecule has 2 rings (SSSR count). The number of phenolic OH excluding ortho intramolecular Hbond substituents is 1. The molecular formula is C34H51N3O5. The zero-order valence-corrected chi connectivity index (χ0v) is 27.0. The molecule has 0 fully saturated rings. The van der Waals surface area contributed by atoms with E-state index in [-0.39, 0.29) is 18.2 Å². The summed E-state index contributed by atoms with van der Waals surface area (Å²) in [6, 6.07) is 8.92. The molecule has 2 aromatic carbocycles. The summed E-state index contributed by atoms with van der Waals surface area (Å²) in [5, 5.41) is 17.0. The maximum absolute atomic E-state index is 14.4. The molecule has 2 aromatic rings. The van der Waals surface area contributed by atoms with Gasteiger partial charge in [-0.2, -0.15) is 0 Å². The molecule has 3 N–H and O–H groups in total. The number of aromatic hydroxyl groups is 1. The summed E-state index contributed by atoms with van der Waals surface area (Å²) >= 11 is 0. The fourth-order valence-corrected chi connectivity index (χ4v) is 4.97. The van der Waals surface area contributed by atoms with Crippen molar-refractivity contribution < 1.29 is 24.2 Å². The van der Waals surface area contributed by atoms with Crippen molar-refractivity contribution in [2.45, 2.75) is 112 Å². The maximum Gasteiger partial charge on any atom is 0.408 e. The fraction of sp³-hybridized carbons (Fsp3) is 0.559. The van der Waals surface area contributed by atoms with Gasteiger partial charge in [0.05, 0.1) is 0 Å². The summed E-state index contributed by atoms with van der Waals surface area (Å²) in [7, 11) is 0. The van der Waals surface area contributed by atoms with Crippen molar-refractivity contribution in [1.29, 1.82) is 0 Å². The minimum Gasteiger partial charge on any atom is -0.507 e. The van der Waals surface area contributed by atoms with Gasteiger partial charge in [-0.3, -0.25) is 9.59 Å². The molecule has 42 heavy (non-hydrogen) atoms. The average molecular weight is 582 g/mol. The predicted molar refractivity (Wildman–Crippen MR) is 169 cm³/mol. The van der Waals surface area contributed by atoms with E-state index in [9.17, 15) is 19.5 Å². The SMILES string of the molecule is CCCCCCN(C(=O)C(CC(C)C)NC(=O)OC(C)(C)C)C(C(=O)Nc1c(C)cccc1C)c1cccc(C)c1O. The first-order valence-electron chi connectivity index (χ1n) is 15.1. The summed E-state index contributed by atoms with van der Waals surface area (Å²) < 4.78 is 5.49. The van der Waals surface area contributed by atoms with Crippen LogP contribution in [-0.2, 0) is 14.3 Å². The first-order valence-corrected chi connectivity index (χ1v) is 15.1. The molecule has 0 aliphatic carbocycles. The van der Waals surface area contributed by atoms with Crippen LogP contribution in [0.1, 0.15) is 102 Å². The quantitative estimate of drug-likeness (QED) is 0.214. The number of phenols is 1. The predicted octanol–water partition coefficient (Wildman–Crippen LogP) is 7.35. The lowest BCUT2D eigenvalue weighted by molar-refractivity contribution is -0.141. The Bertz CT molecular complexity index is 1200. The zero-order chi connectivity index (χ0) is 31.6. The van der Waals surface area contributed by atoms with E-state index in [0.29, 0.717) is 29.7 Å². The first-order chi connectivity index (χ1) is 19.7. The molecule has 0 spiro atoms. The zero-order valence-electron chi connectivity index (χ0n) is 27.0. The van der Waals surface area contributed by atoms with Crippen LogP contribution in [0.3, 0.4) is 0 Å². The van der Waals surface area contributed by atoms with Gasteiger partial charge >= 0.3 is 6.09 Å². The van der Waals surface area contributed by atoms with Crippen LogP contribution in [0.15, 0.2) is 36.4 Å². The Labute approximate surface area is 252 Å². The number of aryl methyl sites for hydroxylation is 3. The number of nitrogens with one attached hydrogen (secondary N) is 2. The smallest absolute Gasteiger partial charge is 0.408 e. The van der Waals surface area contributed by atoms with Gasteiger partial charge in [0.25, 0.3) is 5.91 Å². The molecule has 2 unspecified atom stereocenters. The molecular weight excluding hydrogens is 530 g/mol. The second-order valence-corrected chi connectivity index (χ2v) is 12.6. The molecule has 232 valence electrons. The number of unbranched alkanes of at least 4 members (excludes halogenated alkanes) is 3. The molecule has 0 bridgehead atoms. The first kappa shape index (κ1) is 34.7. The van der Waals surface area contributed by atoms with Crippen molar-refractivity contribution in [2.24, 2.45) is 5.92 Å². The van der Waals surface area contributed by atoms with Gasteiger partial charge in [0.1, 0.15) is 23.4 Å². The molecule has 0 saturated carbocycles. The number of hydrogen-bond donors (Lipinski definition) is 3. The monoisotopic (exact) mass is 581 g/mol. The number of hydrogen-bond acceptors (Lipinski definition) is 5. The molecule has 8 nitrogen and oxygen atoms in total. The fourth-order valence-electron chi connectivity index (χ4n) is 4.97. The summed E-state index contributed by atoms with van der Waals surface area (Å²) in [6.45, 7) is 17.2. The second kappa shape index (κ2) is 15.6. The van der Waals surface area contributed by atoms with Gasteiger partial charge in [-0.05, 0) is 77.0 Å². The van der Waals surface area contributed by atoms with Crippen molar-refractivity contribution in [3.05, 3.63) is 58.7 Å². The van der Waals surface area contributed by atoms with E-state index >= 15 is 0 Å². The minimum absolute atomic E-state index is 0.0361. The highest BCUT2D eigenvalue weighted by Gasteiger charge is 2.38. The molecule has 0 radical (unpaired) electrons. The van der Waals surface area contributed by atoms with E-state index in [1.807, 2.05) is 45.9 Å². The number of benzene rings is 2. The van der Waals surface area contributed by atoms with Crippen LogP contribution < -0.4 is 10.6 Å². The van der Waals surface area contributed by atoms with E-state index in [1.165, 1.54) is 4.90 Å². The molecule has 0 saturated heterocycles. The largest absolute Gasteiger partial charge is 0.507 e. The summed E-state index contributed by atoms with van der Waals surface area (Å²) in [4.78, 5) is 43.0. The van der Waals surface area contributed by atoms with Crippen LogP contribution in [0, 0.1) is 26.7 Å². The maximum atomic E-state index is 14.4. The summed E-state index contributed by atoms with van der Waals surface area (Å²) in [6.07, 6.45) is 3.21. The number of para-hydroxylation sites is 2. The molecule has 0 heterocycles. The highest BCUT2D eigenvalue weighted by atomic mass is 16.6. The van der Waals surface area contributed by atoms with Crippen molar-refractivity contribution in [2.75, 3.05) is 11.9 Å². The number of carbonyl (C=O) groups is 3. The van der Waals surface area contributed by atoms with Gasteiger partial charge in [-0.15, -0.1) is 0 Å². The molecule has 2 atom stereocenters. The van der Waals surface area contributed by atoms with Gasteiger partial charge in [0, 0.05) is 17.8 Å². The molecule has 8 heteroatoms. The summed E-state index contributed by atoms with van der Waals surface area (Å²) in [5.74, 6) is -0.789. The molecule has 3 amide bonds. The number of anilines is 1. The minimum atomic E-state index is -1.13. The van der Waals surface area contributed by atoms with E-state index < -0.39 is 35.6 Å². The van der Waals surface area contributed by atoms with Gasteiger partial charge in [0.15, 0.2) is 0 Å². The van der Waals surface area contributed by atoms with Gasteiger partial charge < -0.3 is 25.4 Å². The lowest BCUT2D eigenvalue weighted by Gasteiger charge is -2.35. The normalized spacial score (nSPS) is 12.9.